The number of carbonyl (C=O) groups excluding carboxylic acids is 1. The number of benzene rings is 1. The Morgan fingerprint density at radius 1 is 1.10 bits per heavy atom. The second-order valence-corrected chi connectivity index (χ2v) is 5.47. The number of fused-ring (bicyclic) bond motifs is 1. The number of aryl methyl sites for hydroxylation is 1. The lowest BCUT2D eigenvalue weighted by atomic mass is 10.1. The standard InChI is InChI=1S/C16H12BrN3O/c1-10-6-7-13(11-4-2-8-18-14(10)11)20-16(21)15-12(17)5-3-9-19-15/h2-9H,1H3,(H,20,21). The maximum atomic E-state index is 12.3. The van der Waals surface area contributed by atoms with Crippen molar-refractivity contribution in [1.82, 2.24) is 9.97 Å². The van der Waals surface area contributed by atoms with Gasteiger partial charge in [0.1, 0.15) is 5.69 Å². The lowest BCUT2D eigenvalue weighted by Crippen LogP contribution is -2.14. The molecule has 0 atom stereocenters. The van der Waals surface area contributed by atoms with Crippen LogP contribution in [0.3, 0.4) is 0 Å². The van der Waals surface area contributed by atoms with Crippen LogP contribution in [0.4, 0.5) is 5.69 Å². The van der Waals surface area contributed by atoms with Crippen LogP contribution in [0.25, 0.3) is 10.9 Å². The van der Waals surface area contributed by atoms with Gasteiger partial charge in [0.25, 0.3) is 5.91 Å². The average molecular weight is 342 g/mol. The number of nitrogens with one attached hydrogen (secondary N) is 1. The van der Waals surface area contributed by atoms with Crippen molar-refractivity contribution < 1.29 is 4.79 Å². The van der Waals surface area contributed by atoms with Gasteiger partial charge in [-0.2, -0.15) is 0 Å². The lowest BCUT2D eigenvalue weighted by Gasteiger charge is -2.10. The predicted octanol–water partition coefficient (Wildman–Crippen LogP) is 3.95. The highest BCUT2D eigenvalue weighted by molar-refractivity contribution is 9.10. The molecule has 3 aromatic rings. The van der Waals surface area contributed by atoms with E-state index in [1.165, 1.54) is 0 Å². The number of hydrogen-bond acceptors (Lipinski definition) is 3. The molecular weight excluding hydrogens is 330 g/mol. The van der Waals surface area contributed by atoms with E-state index in [1.54, 1.807) is 24.5 Å². The number of rotatable bonds is 2. The molecule has 0 saturated heterocycles. The van der Waals surface area contributed by atoms with Crippen molar-refractivity contribution >= 4 is 38.4 Å². The Hall–Kier alpha value is -2.27. The molecule has 2 aromatic heterocycles. The molecule has 0 bridgehead atoms. The summed E-state index contributed by atoms with van der Waals surface area (Å²) in [7, 11) is 0. The van der Waals surface area contributed by atoms with Crippen molar-refractivity contribution in [3.05, 3.63) is 64.5 Å². The second kappa shape index (κ2) is 5.61. The summed E-state index contributed by atoms with van der Waals surface area (Å²) in [5.41, 5.74) is 3.04. The van der Waals surface area contributed by atoms with Crippen molar-refractivity contribution in [1.29, 1.82) is 0 Å². The zero-order chi connectivity index (χ0) is 14.8. The molecule has 0 unspecified atom stereocenters. The first-order valence-corrected chi connectivity index (χ1v) is 7.22. The van der Waals surface area contributed by atoms with E-state index >= 15 is 0 Å². The SMILES string of the molecule is Cc1ccc(NC(=O)c2ncccc2Br)c2cccnc12. The number of carbonyl (C=O) groups is 1. The minimum absolute atomic E-state index is 0.253. The molecule has 0 fully saturated rings. The van der Waals surface area contributed by atoms with Gasteiger partial charge in [-0.3, -0.25) is 9.78 Å². The summed E-state index contributed by atoms with van der Waals surface area (Å²) in [6.07, 6.45) is 3.34. The Morgan fingerprint density at radius 2 is 1.86 bits per heavy atom. The largest absolute Gasteiger partial charge is 0.320 e. The molecular formula is C16H12BrN3O. The van der Waals surface area contributed by atoms with E-state index < -0.39 is 0 Å². The van der Waals surface area contributed by atoms with E-state index in [0.717, 1.165) is 22.2 Å². The molecule has 21 heavy (non-hydrogen) atoms. The van der Waals surface area contributed by atoms with Gasteiger partial charge in [-0.05, 0) is 58.7 Å². The third-order valence-corrected chi connectivity index (χ3v) is 3.83. The summed E-state index contributed by atoms with van der Waals surface area (Å²) in [6.45, 7) is 2.00. The fourth-order valence-electron chi connectivity index (χ4n) is 2.16. The molecule has 0 radical (unpaired) electrons. The summed E-state index contributed by atoms with van der Waals surface area (Å²) >= 11 is 3.34. The molecule has 0 aliphatic rings. The van der Waals surface area contributed by atoms with Crippen molar-refractivity contribution in [2.45, 2.75) is 6.92 Å². The highest BCUT2D eigenvalue weighted by Crippen LogP contribution is 2.25. The predicted molar refractivity (Wildman–Crippen MR) is 86.4 cm³/mol. The van der Waals surface area contributed by atoms with E-state index in [0.29, 0.717) is 10.2 Å². The van der Waals surface area contributed by atoms with E-state index in [1.807, 2.05) is 31.2 Å². The number of aromatic nitrogens is 2. The first kappa shape index (κ1) is 13.7. The summed E-state index contributed by atoms with van der Waals surface area (Å²) < 4.78 is 0.664. The molecule has 4 nitrogen and oxygen atoms in total. The zero-order valence-electron chi connectivity index (χ0n) is 11.3. The smallest absolute Gasteiger partial charge is 0.275 e. The van der Waals surface area contributed by atoms with Crippen LogP contribution >= 0.6 is 15.9 Å². The Balaban J connectivity index is 2.01. The van der Waals surface area contributed by atoms with Gasteiger partial charge in [-0.1, -0.05) is 6.07 Å². The number of hydrogen-bond donors (Lipinski definition) is 1. The molecule has 1 amide bonds. The maximum Gasteiger partial charge on any atom is 0.275 e. The summed E-state index contributed by atoms with van der Waals surface area (Å²) in [6, 6.07) is 11.2. The zero-order valence-corrected chi connectivity index (χ0v) is 12.9. The van der Waals surface area contributed by atoms with Gasteiger partial charge < -0.3 is 5.32 Å². The minimum Gasteiger partial charge on any atom is -0.320 e. The van der Waals surface area contributed by atoms with Gasteiger partial charge in [0.15, 0.2) is 0 Å². The number of halogens is 1. The number of pyridine rings is 2. The van der Waals surface area contributed by atoms with Crippen LogP contribution in [0, 0.1) is 6.92 Å². The average Bonchev–Trinajstić information content (AvgIpc) is 2.51. The van der Waals surface area contributed by atoms with Crippen LogP contribution in [-0.4, -0.2) is 15.9 Å². The number of anilines is 1. The summed E-state index contributed by atoms with van der Waals surface area (Å²) in [5.74, 6) is -0.253. The lowest BCUT2D eigenvalue weighted by molar-refractivity contribution is 0.102. The minimum atomic E-state index is -0.253. The maximum absolute atomic E-state index is 12.3. The van der Waals surface area contributed by atoms with Crippen LogP contribution < -0.4 is 5.32 Å². The quantitative estimate of drug-likeness (QED) is 0.767. The van der Waals surface area contributed by atoms with Gasteiger partial charge >= 0.3 is 0 Å². The highest BCUT2D eigenvalue weighted by atomic mass is 79.9. The molecule has 0 aliphatic heterocycles. The Bertz CT molecular complexity index is 833. The van der Waals surface area contributed by atoms with Gasteiger partial charge in [0.05, 0.1) is 11.2 Å². The van der Waals surface area contributed by atoms with E-state index in [9.17, 15) is 4.79 Å². The Morgan fingerprint density at radius 3 is 2.67 bits per heavy atom. The number of nitrogens with zero attached hydrogens (tertiary/aromatic N) is 2. The molecule has 0 saturated carbocycles. The normalized spacial score (nSPS) is 10.6. The molecule has 104 valence electrons. The van der Waals surface area contributed by atoms with Crippen molar-refractivity contribution in [3.63, 3.8) is 0 Å². The molecule has 0 aliphatic carbocycles. The first-order valence-electron chi connectivity index (χ1n) is 6.43. The second-order valence-electron chi connectivity index (χ2n) is 4.62. The molecule has 0 spiro atoms. The number of amides is 1. The fourth-order valence-corrected chi connectivity index (χ4v) is 2.59. The van der Waals surface area contributed by atoms with Crippen molar-refractivity contribution in [2.24, 2.45) is 0 Å². The Kier molecular flexibility index (Phi) is 3.66. The molecule has 2 heterocycles. The van der Waals surface area contributed by atoms with Crippen LogP contribution in [0.2, 0.25) is 0 Å². The molecule has 1 N–H and O–H groups in total. The van der Waals surface area contributed by atoms with Gasteiger partial charge in [0.2, 0.25) is 0 Å². The van der Waals surface area contributed by atoms with Gasteiger partial charge in [-0.25, -0.2) is 4.98 Å². The molecule has 5 heteroatoms. The van der Waals surface area contributed by atoms with E-state index in [4.69, 9.17) is 0 Å². The third kappa shape index (κ3) is 2.64. The van der Waals surface area contributed by atoms with Crippen LogP contribution in [-0.2, 0) is 0 Å². The van der Waals surface area contributed by atoms with Crippen molar-refractivity contribution in [2.75, 3.05) is 5.32 Å². The van der Waals surface area contributed by atoms with Crippen LogP contribution in [0.5, 0.6) is 0 Å². The molecule has 3 rings (SSSR count). The summed E-state index contributed by atoms with van der Waals surface area (Å²) in [5, 5.41) is 3.81. The van der Waals surface area contributed by atoms with Gasteiger partial charge in [0, 0.05) is 22.3 Å². The van der Waals surface area contributed by atoms with E-state index in [-0.39, 0.29) is 5.91 Å². The van der Waals surface area contributed by atoms with Crippen LogP contribution in [0.1, 0.15) is 16.1 Å². The monoisotopic (exact) mass is 341 g/mol. The highest BCUT2D eigenvalue weighted by Gasteiger charge is 2.13. The third-order valence-electron chi connectivity index (χ3n) is 3.19. The van der Waals surface area contributed by atoms with Crippen LogP contribution in [0.15, 0.2) is 53.3 Å². The Labute approximate surface area is 130 Å². The molecule has 1 aromatic carbocycles. The van der Waals surface area contributed by atoms with Crippen molar-refractivity contribution in [3.8, 4) is 0 Å². The summed E-state index contributed by atoms with van der Waals surface area (Å²) in [4.78, 5) is 20.8. The van der Waals surface area contributed by atoms with Gasteiger partial charge in [-0.15, -0.1) is 0 Å². The fraction of sp³-hybridized carbons (Fsp3) is 0.0625. The topological polar surface area (TPSA) is 54.9 Å². The van der Waals surface area contributed by atoms with E-state index in [2.05, 4.69) is 31.2 Å². The first-order chi connectivity index (χ1) is 10.2.